The summed E-state index contributed by atoms with van der Waals surface area (Å²) >= 11 is 0. The predicted molar refractivity (Wildman–Crippen MR) is 75.6 cm³/mol. The summed E-state index contributed by atoms with van der Waals surface area (Å²) in [5.74, 6) is 0.191. The molecule has 1 amide bonds. The van der Waals surface area contributed by atoms with E-state index >= 15 is 0 Å². The van der Waals surface area contributed by atoms with Crippen LogP contribution in [0.2, 0.25) is 0 Å². The van der Waals surface area contributed by atoms with Crippen LogP contribution >= 0.6 is 0 Å². The first-order valence-electron chi connectivity index (χ1n) is 7.51. The molecule has 0 aromatic carbocycles. The Kier molecular flexibility index (Phi) is 4.21. The SMILES string of the molecule is CC(C)(C)CC(N)CC(=O)N1C2CCC1CC(O)C2. The van der Waals surface area contributed by atoms with Crippen molar-refractivity contribution < 1.29 is 9.90 Å². The number of piperidine rings is 1. The highest BCUT2D eigenvalue weighted by atomic mass is 16.3. The zero-order valence-corrected chi connectivity index (χ0v) is 12.4. The Morgan fingerprint density at radius 1 is 1.32 bits per heavy atom. The lowest BCUT2D eigenvalue weighted by Gasteiger charge is -2.38. The van der Waals surface area contributed by atoms with Gasteiger partial charge in [-0.15, -0.1) is 0 Å². The van der Waals surface area contributed by atoms with Crippen molar-refractivity contribution in [2.24, 2.45) is 11.1 Å². The summed E-state index contributed by atoms with van der Waals surface area (Å²) in [6, 6.07) is 0.449. The molecule has 0 aromatic heterocycles. The molecule has 0 aromatic rings. The van der Waals surface area contributed by atoms with Crippen molar-refractivity contribution in [2.75, 3.05) is 0 Å². The molecule has 4 nitrogen and oxygen atoms in total. The average molecular weight is 268 g/mol. The normalized spacial score (nSPS) is 32.5. The zero-order chi connectivity index (χ0) is 14.2. The second-order valence-corrected chi connectivity index (χ2v) is 7.54. The molecule has 2 heterocycles. The summed E-state index contributed by atoms with van der Waals surface area (Å²) in [5, 5.41) is 9.76. The minimum absolute atomic E-state index is 0.0567. The van der Waals surface area contributed by atoms with Gasteiger partial charge in [0.1, 0.15) is 0 Å². The smallest absolute Gasteiger partial charge is 0.224 e. The van der Waals surface area contributed by atoms with Crippen LogP contribution in [0.3, 0.4) is 0 Å². The van der Waals surface area contributed by atoms with Crippen LogP contribution in [0.25, 0.3) is 0 Å². The van der Waals surface area contributed by atoms with Gasteiger partial charge in [0.15, 0.2) is 0 Å². The molecule has 3 unspecified atom stereocenters. The first kappa shape index (κ1) is 14.8. The van der Waals surface area contributed by atoms with E-state index in [0.29, 0.717) is 6.42 Å². The molecule has 2 fully saturated rings. The summed E-state index contributed by atoms with van der Waals surface area (Å²) in [7, 11) is 0. The van der Waals surface area contributed by atoms with Gasteiger partial charge in [-0.2, -0.15) is 0 Å². The maximum absolute atomic E-state index is 12.4. The van der Waals surface area contributed by atoms with Crippen molar-refractivity contribution in [1.82, 2.24) is 4.90 Å². The van der Waals surface area contributed by atoms with E-state index in [4.69, 9.17) is 5.73 Å². The fraction of sp³-hybridized carbons (Fsp3) is 0.933. The number of aliphatic hydroxyl groups excluding tert-OH is 1. The quantitative estimate of drug-likeness (QED) is 0.818. The first-order valence-corrected chi connectivity index (χ1v) is 7.51. The van der Waals surface area contributed by atoms with Crippen LogP contribution in [0, 0.1) is 5.41 Å². The van der Waals surface area contributed by atoms with Gasteiger partial charge in [-0.05, 0) is 37.5 Å². The summed E-state index contributed by atoms with van der Waals surface area (Å²) < 4.78 is 0. The highest BCUT2D eigenvalue weighted by molar-refractivity contribution is 5.78. The summed E-state index contributed by atoms with van der Waals surface area (Å²) in [6.45, 7) is 6.45. The Hall–Kier alpha value is -0.610. The second kappa shape index (κ2) is 5.41. The largest absolute Gasteiger partial charge is 0.393 e. The number of nitrogens with two attached hydrogens (primary N) is 1. The molecule has 2 saturated heterocycles. The lowest BCUT2D eigenvalue weighted by atomic mass is 9.87. The monoisotopic (exact) mass is 268 g/mol. The van der Waals surface area contributed by atoms with E-state index in [2.05, 4.69) is 20.8 Å². The number of carbonyl (C=O) groups excluding carboxylic acids is 1. The van der Waals surface area contributed by atoms with Crippen LogP contribution in [0.15, 0.2) is 0 Å². The van der Waals surface area contributed by atoms with Gasteiger partial charge in [-0.3, -0.25) is 4.79 Å². The molecule has 3 atom stereocenters. The molecule has 0 radical (unpaired) electrons. The molecule has 2 rings (SSSR count). The van der Waals surface area contributed by atoms with E-state index in [1.807, 2.05) is 4.90 Å². The van der Waals surface area contributed by atoms with Gasteiger partial charge in [0, 0.05) is 24.5 Å². The molecule has 110 valence electrons. The van der Waals surface area contributed by atoms with E-state index in [0.717, 1.165) is 32.1 Å². The second-order valence-electron chi connectivity index (χ2n) is 7.54. The van der Waals surface area contributed by atoms with Crippen LogP contribution in [-0.4, -0.2) is 40.1 Å². The van der Waals surface area contributed by atoms with Gasteiger partial charge in [0.05, 0.1) is 6.10 Å². The molecule has 0 aliphatic carbocycles. The maximum atomic E-state index is 12.4. The van der Waals surface area contributed by atoms with Gasteiger partial charge in [0.25, 0.3) is 0 Å². The average Bonchev–Trinajstić information content (AvgIpc) is 2.48. The van der Waals surface area contributed by atoms with Crippen LogP contribution in [0.4, 0.5) is 0 Å². The highest BCUT2D eigenvalue weighted by Crippen LogP contribution is 2.36. The van der Waals surface area contributed by atoms with Crippen molar-refractivity contribution in [3.8, 4) is 0 Å². The van der Waals surface area contributed by atoms with E-state index in [-0.39, 0.29) is 35.6 Å². The van der Waals surface area contributed by atoms with Crippen molar-refractivity contribution >= 4 is 5.91 Å². The van der Waals surface area contributed by atoms with Gasteiger partial charge >= 0.3 is 0 Å². The minimum atomic E-state index is -0.218. The predicted octanol–water partition coefficient (Wildman–Crippen LogP) is 1.65. The molecule has 0 spiro atoms. The van der Waals surface area contributed by atoms with Crippen molar-refractivity contribution in [3.63, 3.8) is 0 Å². The van der Waals surface area contributed by atoms with E-state index in [1.54, 1.807) is 0 Å². The molecular formula is C15H28N2O2. The molecule has 2 aliphatic rings. The molecule has 0 saturated carbocycles. The van der Waals surface area contributed by atoms with Gasteiger partial charge in [-0.1, -0.05) is 20.8 Å². The Morgan fingerprint density at radius 2 is 1.84 bits per heavy atom. The summed E-state index contributed by atoms with van der Waals surface area (Å²) in [4.78, 5) is 14.4. The van der Waals surface area contributed by atoms with Crippen LogP contribution in [-0.2, 0) is 4.79 Å². The third-order valence-corrected chi connectivity index (χ3v) is 4.31. The molecule has 4 heteroatoms. The number of carbonyl (C=O) groups is 1. The molecule has 2 aliphatic heterocycles. The van der Waals surface area contributed by atoms with E-state index < -0.39 is 0 Å². The zero-order valence-electron chi connectivity index (χ0n) is 12.4. The van der Waals surface area contributed by atoms with Crippen LogP contribution in [0.5, 0.6) is 0 Å². The standard InChI is InChI=1S/C15H28N2O2/c1-15(2,3)9-10(16)6-14(19)17-11-4-5-12(17)8-13(18)7-11/h10-13,18H,4-9,16H2,1-3H3. The Morgan fingerprint density at radius 3 is 2.32 bits per heavy atom. The number of aliphatic hydroxyl groups is 1. The first-order chi connectivity index (χ1) is 8.76. The lowest BCUT2D eigenvalue weighted by Crippen LogP contribution is -2.49. The van der Waals surface area contributed by atoms with Crippen LogP contribution < -0.4 is 5.73 Å². The Labute approximate surface area is 116 Å². The number of hydrogen-bond donors (Lipinski definition) is 2. The van der Waals surface area contributed by atoms with E-state index in [9.17, 15) is 9.90 Å². The summed E-state index contributed by atoms with van der Waals surface area (Å²) in [6.07, 6.45) is 4.67. The third kappa shape index (κ3) is 3.69. The fourth-order valence-electron chi connectivity index (χ4n) is 3.74. The number of nitrogens with zero attached hydrogens (tertiary/aromatic N) is 1. The molecule has 3 N–H and O–H groups in total. The lowest BCUT2D eigenvalue weighted by molar-refractivity contribution is -0.137. The van der Waals surface area contributed by atoms with Crippen molar-refractivity contribution in [2.45, 2.75) is 83.5 Å². The fourth-order valence-corrected chi connectivity index (χ4v) is 3.74. The number of rotatable bonds is 3. The Balaban J connectivity index is 1.90. The highest BCUT2D eigenvalue weighted by Gasteiger charge is 2.42. The number of hydrogen-bond acceptors (Lipinski definition) is 3. The van der Waals surface area contributed by atoms with Gasteiger partial charge in [-0.25, -0.2) is 0 Å². The Bertz CT molecular complexity index is 324. The number of fused-ring (bicyclic) bond motifs is 2. The maximum Gasteiger partial charge on any atom is 0.224 e. The summed E-state index contributed by atoms with van der Waals surface area (Å²) in [5.41, 5.74) is 6.27. The van der Waals surface area contributed by atoms with Crippen LogP contribution in [0.1, 0.15) is 59.3 Å². The minimum Gasteiger partial charge on any atom is -0.393 e. The number of amides is 1. The molecule has 19 heavy (non-hydrogen) atoms. The topological polar surface area (TPSA) is 66.6 Å². The van der Waals surface area contributed by atoms with Gasteiger partial charge < -0.3 is 15.7 Å². The molecular weight excluding hydrogens is 240 g/mol. The molecule has 2 bridgehead atoms. The van der Waals surface area contributed by atoms with Gasteiger partial charge in [0.2, 0.25) is 5.91 Å². The van der Waals surface area contributed by atoms with Crippen molar-refractivity contribution in [3.05, 3.63) is 0 Å². The van der Waals surface area contributed by atoms with E-state index in [1.165, 1.54) is 0 Å². The third-order valence-electron chi connectivity index (χ3n) is 4.31. The van der Waals surface area contributed by atoms with Crippen molar-refractivity contribution in [1.29, 1.82) is 0 Å².